The highest BCUT2D eigenvalue weighted by Crippen LogP contribution is 2.24. The number of nitrogens with zero attached hydrogens (tertiary/aromatic N) is 1. The molecule has 0 aliphatic carbocycles. The summed E-state index contributed by atoms with van der Waals surface area (Å²) < 4.78 is 5.40. The summed E-state index contributed by atoms with van der Waals surface area (Å²) in [5.41, 5.74) is 1.54. The minimum atomic E-state index is -0.407. The molecular formula is C20H21Cl2N2O3+. The van der Waals surface area contributed by atoms with E-state index >= 15 is 0 Å². The molecule has 1 atom stereocenters. The zero-order chi connectivity index (χ0) is 19.4. The fraction of sp³-hybridized carbons (Fsp3) is 0.300. The summed E-state index contributed by atoms with van der Waals surface area (Å²) in [7, 11) is 0. The third-order valence-electron chi connectivity index (χ3n) is 4.47. The van der Waals surface area contributed by atoms with Crippen LogP contribution >= 0.6 is 23.2 Å². The van der Waals surface area contributed by atoms with E-state index in [0.29, 0.717) is 41.1 Å². The molecule has 142 valence electrons. The molecule has 3 rings (SSSR count). The van der Waals surface area contributed by atoms with Crippen molar-refractivity contribution in [2.24, 2.45) is 0 Å². The zero-order valence-electron chi connectivity index (χ0n) is 15.0. The van der Waals surface area contributed by atoms with Gasteiger partial charge in [-0.1, -0.05) is 29.3 Å². The highest BCUT2D eigenvalue weighted by atomic mass is 35.5. The number of hydrogen-bond acceptors (Lipinski definition) is 3. The van der Waals surface area contributed by atoms with Crippen LogP contribution < -0.4 is 15.0 Å². The molecule has 0 radical (unpaired) electrons. The fourth-order valence-corrected chi connectivity index (χ4v) is 3.64. The second-order valence-corrected chi connectivity index (χ2v) is 7.16. The smallest absolute Gasteiger partial charge is 0.292 e. The molecule has 0 aromatic heterocycles. The summed E-state index contributed by atoms with van der Waals surface area (Å²) in [5, 5.41) is 3.11. The lowest BCUT2D eigenvalue weighted by Gasteiger charge is -2.15. The molecule has 7 heteroatoms. The number of ether oxygens (including phenoxy) is 1. The van der Waals surface area contributed by atoms with Crippen LogP contribution in [0.3, 0.4) is 0 Å². The van der Waals surface area contributed by atoms with E-state index in [-0.39, 0.29) is 18.2 Å². The van der Waals surface area contributed by atoms with Crippen LogP contribution in [0.2, 0.25) is 10.0 Å². The first-order valence-corrected chi connectivity index (χ1v) is 9.62. The normalized spacial score (nSPS) is 16.9. The van der Waals surface area contributed by atoms with Crippen molar-refractivity contribution in [3.63, 3.8) is 0 Å². The number of amides is 2. The molecule has 1 aliphatic heterocycles. The van der Waals surface area contributed by atoms with Gasteiger partial charge in [-0.2, -0.15) is 0 Å². The Kier molecular flexibility index (Phi) is 6.37. The predicted molar refractivity (Wildman–Crippen MR) is 105 cm³/mol. The number of halogens is 2. The van der Waals surface area contributed by atoms with Crippen molar-refractivity contribution < 1.29 is 19.6 Å². The van der Waals surface area contributed by atoms with E-state index in [9.17, 15) is 9.59 Å². The van der Waals surface area contributed by atoms with Crippen LogP contribution in [0.25, 0.3) is 0 Å². The average Bonchev–Trinajstić information content (AvgIpc) is 2.92. The number of nitrogens with two attached hydrogens (primary N) is 1. The van der Waals surface area contributed by atoms with E-state index in [2.05, 4.69) is 0 Å². The molecule has 0 saturated carbocycles. The van der Waals surface area contributed by atoms with Crippen LogP contribution in [-0.4, -0.2) is 31.0 Å². The molecular weight excluding hydrogens is 387 g/mol. The number of hydrogen-bond donors (Lipinski definition) is 1. The second kappa shape index (κ2) is 8.74. The first-order valence-electron chi connectivity index (χ1n) is 8.86. The molecule has 2 N–H and O–H groups in total. The maximum absolute atomic E-state index is 12.7. The van der Waals surface area contributed by atoms with Crippen molar-refractivity contribution >= 4 is 40.7 Å². The molecule has 1 aliphatic rings. The number of anilines is 1. The van der Waals surface area contributed by atoms with Crippen LogP contribution in [0, 0.1) is 0 Å². The van der Waals surface area contributed by atoms with Gasteiger partial charge in [0.15, 0.2) is 6.04 Å². The van der Waals surface area contributed by atoms with E-state index in [1.165, 1.54) is 4.90 Å². The highest BCUT2D eigenvalue weighted by Gasteiger charge is 2.42. The Hall–Kier alpha value is -2.08. The van der Waals surface area contributed by atoms with Gasteiger partial charge >= 0.3 is 0 Å². The lowest BCUT2D eigenvalue weighted by Crippen LogP contribution is -2.92. The predicted octanol–water partition coefficient (Wildman–Crippen LogP) is 2.83. The number of carbonyl (C=O) groups is 2. The van der Waals surface area contributed by atoms with Gasteiger partial charge in [0.2, 0.25) is 5.91 Å². The Balaban J connectivity index is 1.60. The SMILES string of the molecule is CCOc1ccc(N2C(=O)CC([NH2+]CCc3ccc(Cl)cc3Cl)C2=O)cc1. The Morgan fingerprint density at radius 3 is 2.56 bits per heavy atom. The maximum atomic E-state index is 12.7. The Bertz CT molecular complexity index is 840. The van der Waals surface area contributed by atoms with Gasteiger partial charge in [-0.25, -0.2) is 4.90 Å². The summed E-state index contributed by atoms with van der Waals surface area (Å²) in [5.74, 6) is 0.338. The molecule has 2 aromatic carbocycles. The van der Waals surface area contributed by atoms with E-state index in [1.807, 2.05) is 18.3 Å². The lowest BCUT2D eigenvalue weighted by atomic mass is 10.1. The third kappa shape index (κ3) is 4.61. The van der Waals surface area contributed by atoms with Crippen molar-refractivity contribution in [3.05, 3.63) is 58.1 Å². The standard InChI is InChI=1S/C20H20Cl2N2O3/c1-2-27-16-7-5-15(6-8-16)24-19(25)12-18(20(24)26)23-10-9-13-3-4-14(21)11-17(13)22/h3-8,11,18,23H,2,9-10,12H2,1H3/p+1. The number of imide groups is 1. The number of carbonyl (C=O) groups excluding carboxylic acids is 2. The van der Waals surface area contributed by atoms with Crippen LogP contribution in [0.5, 0.6) is 5.75 Å². The van der Waals surface area contributed by atoms with Crippen molar-refractivity contribution in [2.45, 2.75) is 25.8 Å². The molecule has 2 aromatic rings. The van der Waals surface area contributed by atoms with Gasteiger partial charge in [0.05, 0.1) is 25.3 Å². The van der Waals surface area contributed by atoms with Crippen LogP contribution in [0.1, 0.15) is 18.9 Å². The van der Waals surface area contributed by atoms with Crippen molar-refractivity contribution in [2.75, 3.05) is 18.1 Å². The summed E-state index contributed by atoms with van der Waals surface area (Å²) in [4.78, 5) is 26.3. The van der Waals surface area contributed by atoms with E-state index < -0.39 is 6.04 Å². The minimum absolute atomic E-state index is 0.185. The second-order valence-electron chi connectivity index (χ2n) is 6.32. The van der Waals surface area contributed by atoms with Crippen LogP contribution in [-0.2, 0) is 16.0 Å². The van der Waals surface area contributed by atoms with Gasteiger partial charge < -0.3 is 10.1 Å². The molecule has 27 heavy (non-hydrogen) atoms. The van der Waals surface area contributed by atoms with Gasteiger partial charge in [0.1, 0.15) is 5.75 Å². The van der Waals surface area contributed by atoms with Crippen molar-refractivity contribution in [1.29, 1.82) is 0 Å². The third-order valence-corrected chi connectivity index (χ3v) is 5.05. The minimum Gasteiger partial charge on any atom is -0.494 e. The van der Waals surface area contributed by atoms with Crippen LogP contribution in [0.4, 0.5) is 5.69 Å². The Morgan fingerprint density at radius 1 is 1.15 bits per heavy atom. The molecule has 1 heterocycles. The van der Waals surface area contributed by atoms with E-state index in [4.69, 9.17) is 27.9 Å². The maximum Gasteiger partial charge on any atom is 0.292 e. The largest absolute Gasteiger partial charge is 0.494 e. The van der Waals surface area contributed by atoms with Gasteiger partial charge in [-0.05, 0) is 48.9 Å². The van der Waals surface area contributed by atoms with Gasteiger partial charge in [0.25, 0.3) is 5.91 Å². The zero-order valence-corrected chi connectivity index (χ0v) is 16.5. The Morgan fingerprint density at radius 2 is 1.89 bits per heavy atom. The number of rotatable bonds is 7. The molecule has 5 nitrogen and oxygen atoms in total. The molecule has 0 bridgehead atoms. The van der Waals surface area contributed by atoms with Crippen LogP contribution in [0.15, 0.2) is 42.5 Å². The quantitative estimate of drug-likeness (QED) is 0.717. The van der Waals surface area contributed by atoms with Gasteiger partial charge in [-0.15, -0.1) is 0 Å². The fourth-order valence-electron chi connectivity index (χ4n) is 3.13. The molecule has 2 amide bonds. The monoisotopic (exact) mass is 407 g/mol. The number of quaternary nitrogens is 1. The summed E-state index contributed by atoms with van der Waals surface area (Å²) >= 11 is 12.1. The van der Waals surface area contributed by atoms with E-state index in [0.717, 1.165) is 5.56 Å². The lowest BCUT2D eigenvalue weighted by molar-refractivity contribution is -0.674. The number of benzene rings is 2. The Labute approximate surface area is 168 Å². The average molecular weight is 408 g/mol. The van der Waals surface area contributed by atoms with Gasteiger partial charge in [0, 0.05) is 16.5 Å². The van der Waals surface area contributed by atoms with Crippen molar-refractivity contribution in [3.8, 4) is 5.75 Å². The highest BCUT2D eigenvalue weighted by molar-refractivity contribution is 6.35. The summed E-state index contributed by atoms with van der Waals surface area (Å²) in [6, 6.07) is 12.0. The van der Waals surface area contributed by atoms with Gasteiger partial charge in [-0.3, -0.25) is 9.59 Å². The van der Waals surface area contributed by atoms with E-state index in [1.54, 1.807) is 36.4 Å². The first kappa shape index (κ1) is 19.7. The first-order chi connectivity index (χ1) is 13.0. The molecule has 1 fully saturated rings. The topological polar surface area (TPSA) is 63.2 Å². The molecule has 1 unspecified atom stereocenters. The van der Waals surface area contributed by atoms with Crippen molar-refractivity contribution in [1.82, 2.24) is 0 Å². The summed E-state index contributed by atoms with van der Waals surface area (Å²) in [6.45, 7) is 3.12. The molecule has 1 saturated heterocycles. The summed E-state index contributed by atoms with van der Waals surface area (Å²) in [6.07, 6.45) is 0.886. The molecule has 0 spiro atoms.